The van der Waals surface area contributed by atoms with Crippen molar-refractivity contribution in [3.05, 3.63) is 40.8 Å². The third-order valence-electron chi connectivity index (χ3n) is 4.04. The lowest BCUT2D eigenvalue weighted by Gasteiger charge is -2.19. The molecule has 2 aliphatic rings. The van der Waals surface area contributed by atoms with Crippen molar-refractivity contribution in [1.29, 1.82) is 0 Å². The van der Waals surface area contributed by atoms with Crippen molar-refractivity contribution in [2.45, 2.75) is 0 Å². The molecule has 0 aliphatic carbocycles. The first-order chi connectivity index (χ1) is 11.8. The summed E-state index contributed by atoms with van der Waals surface area (Å²) in [4.78, 5) is 18.8. The maximum atomic E-state index is 12.0. The summed E-state index contributed by atoms with van der Waals surface area (Å²) >= 11 is 0. The number of ether oxygens (including phenoxy) is 4. The number of hydrogen-bond acceptors (Lipinski definition) is 6. The number of aromatic nitrogens is 2. The van der Waals surface area contributed by atoms with Gasteiger partial charge in [-0.3, -0.25) is 0 Å². The Balaban J connectivity index is 1.75. The van der Waals surface area contributed by atoms with Crippen molar-refractivity contribution in [1.82, 2.24) is 9.97 Å². The summed E-state index contributed by atoms with van der Waals surface area (Å²) in [6.07, 6.45) is 0. The fourth-order valence-electron chi connectivity index (χ4n) is 2.96. The second kappa shape index (κ2) is 4.89. The second-order valence-corrected chi connectivity index (χ2v) is 5.50. The number of H-pyrrole nitrogens is 1. The van der Waals surface area contributed by atoms with Gasteiger partial charge in [-0.05, 0) is 24.3 Å². The number of aromatic amines is 1. The highest BCUT2D eigenvalue weighted by Gasteiger charge is 2.19. The molecule has 24 heavy (non-hydrogen) atoms. The predicted molar refractivity (Wildman–Crippen MR) is 84.9 cm³/mol. The second-order valence-electron chi connectivity index (χ2n) is 5.50. The van der Waals surface area contributed by atoms with Crippen molar-refractivity contribution >= 4 is 10.9 Å². The molecule has 3 heterocycles. The topological polar surface area (TPSA) is 82.7 Å². The lowest BCUT2D eigenvalue weighted by molar-refractivity contribution is 0.171. The molecule has 0 atom stereocenters. The Bertz CT molecular complexity index is 1030. The molecule has 0 bridgehead atoms. The molecular weight excluding hydrogens is 312 g/mol. The summed E-state index contributed by atoms with van der Waals surface area (Å²) in [5, 5.41) is 0.774. The van der Waals surface area contributed by atoms with Crippen LogP contribution in [0.3, 0.4) is 0 Å². The van der Waals surface area contributed by atoms with E-state index in [0.29, 0.717) is 47.4 Å². The van der Waals surface area contributed by atoms with E-state index in [9.17, 15) is 4.79 Å². The van der Waals surface area contributed by atoms with Crippen molar-refractivity contribution in [3.8, 4) is 34.3 Å². The monoisotopic (exact) mass is 324 g/mol. The van der Waals surface area contributed by atoms with Gasteiger partial charge in [0.2, 0.25) is 6.79 Å². The molecule has 0 fully saturated rings. The van der Waals surface area contributed by atoms with Crippen LogP contribution in [0.2, 0.25) is 0 Å². The van der Waals surface area contributed by atoms with Gasteiger partial charge in [-0.25, -0.2) is 4.79 Å². The Morgan fingerprint density at radius 3 is 2.50 bits per heavy atom. The molecule has 1 aromatic heterocycles. The van der Waals surface area contributed by atoms with Gasteiger partial charge in [0.1, 0.15) is 13.2 Å². The van der Waals surface area contributed by atoms with E-state index in [2.05, 4.69) is 9.97 Å². The SMILES string of the molecule is O=c1nc(-c2ccc3c(c2)OCCO3)c2cc3c(cc2[nH]1)OCO3. The standard InChI is InChI=1S/C17H12N2O5/c20-17-18-11-7-15-14(23-8-24-15)6-10(11)16(19-17)9-1-2-12-13(5-9)22-4-3-21-12/h1-2,5-7H,3-4,8H2,(H,18,19,20). The summed E-state index contributed by atoms with van der Waals surface area (Å²) in [6.45, 7) is 1.20. The van der Waals surface area contributed by atoms with Gasteiger partial charge in [0.25, 0.3) is 0 Å². The zero-order chi connectivity index (χ0) is 16.1. The molecule has 1 N–H and O–H groups in total. The summed E-state index contributed by atoms with van der Waals surface area (Å²) in [7, 11) is 0. The predicted octanol–water partition coefficient (Wildman–Crippen LogP) is 2.09. The first kappa shape index (κ1) is 13.2. The van der Waals surface area contributed by atoms with Gasteiger partial charge < -0.3 is 23.9 Å². The first-order valence-corrected chi connectivity index (χ1v) is 7.52. The molecule has 0 spiro atoms. The number of hydrogen-bond donors (Lipinski definition) is 1. The van der Waals surface area contributed by atoms with Gasteiger partial charge in [-0.1, -0.05) is 0 Å². The normalized spacial score (nSPS) is 14.8. The minimum absolute atomic E-state index is 0.169. The minimum Gasteiger partial charge on any atom is -0.486 e. The van der Waals surface area contributed by atoms with Gasteiger partial charge in [-0.2, -0.15) is 4.98 Å². The highest BCUT2D eigenvalue weighted by Crippen LogP contribution is 2.39. The molecule has 7 nitrogen and oxygen atoms in total. The fourth-order valence-corrected chi connectivity index (χ4v) is 2.96. The lowest BCUT2D eigenvalue weighted by atomic mass is 10.1. The van der Waals surface area contributed by atoms with Crippen LogP contribution in [0.15, 0.2) is 35.1 Å². The Labute approximate surface area is 135 Å². The smallest absolute Gasteiger partial charge is 0.345 e. The molecular formula is C17H12N2O5. The van der Waals surface area contributed by atoms with Crippen LogP contribution >= 0.6 is 0 Å². The van der Waals surface area contributed by atoms with E-state index < -0.39 is 5.69 Å². The molecule has 0 saturated heterocycles. The molecule has 0 unspecified atom stereocenters. The average molecular weight is 324 g/mol. The maximum Gasteiger partial charge on any atom is 0.345 e. The van der Waals surface area contributed by atoms with E-state index in [0.717, 1.165) is 10.9 Å². The van der Waals surface area contributed by atoms with Crippen LogP contribution in [0.1, 0.15) is 0 Å². The van der Waals surface area contributed by atoms with Crippen LogP contribution in [0.4, 0.5) is 0 Å². The van der Waals surface area contributed by atoms with E-state index in [1.165, 1.54) is 0 Å². The summed E-state index contributed by atoms with van der Waals surface area (Å²) in [5.74, 6) is 2.58. The Morgan fingerprint density at radius 2 is 1.62 bits per heavy atom. The van der Waals surface area contributed by atoms with Crippen LogP contribution in [0, 0.1) is 0 Å². The highest BCUT2D eigenvalue weighted by atomic mass is 16.7. The maximum absolute atomic E-state index is 12.0. The summed E-state index contributed by atoms with van der Waals surface area (Å²) in [5.41, 5.74) is 1.55. The van der Waals surface area contributed by atoms with Crippen molar-refractivity contribution in [3.63, 3.8) is 0 Å². The largest absolute Gasteiger partial charge is 0.486 e. The molecule has 0 radical (unpaired) electrons. The van der Waals surface area contributed by atoms with Crippen LogP contribution in [-0.4, -0.2) is 30.0 Å². The van der Waals surface area contributed by atoms with Crippen LogP contribution in [0.5, 0.6) is 23.0 Å². The average Bonchev–Trinajstić information content (AvgIpc) is 3.06. The number of fused-ring (bicyclic) bond motifs is 3. The first-order valence-electron chi connectivity index (χ1n) is 7.52. The number of rotatable bonds is 1. The minimum atomic E-state index is -0.425. The van der Waals surface area contributed by atoms with Crippen LogP contribution < -0.4 is 24.6 Å². The van der Waals surface area contributed by atoms with Gasteiger partial charge in [0, 0.05) is 17.0 Å². The van der Waals surface area contributed by atoms with E-state index in [-0.39, 0.29) is 6.79 Å². The Morgan fingerprint density at radius 1 is 0.875 bits per heavy atom. The molecule has 0 saturated carbocycles. The third kappa shape index (κ3) is 1.98. The Hall–Kier alpha value is -3.22. The van der Waals surface area contributed by atoms with Crippen molar-refractivity contribution in [2.24, 2.45) is 0 Å². The van der Waals surface area contributed by atoms with Crippen LogP contribution in [-0.2, 0) is 0 Å². The molecule has 7 heteroatoms. The van der Waals surface area contributed by atoms with E-state index in [1.807, 2.05) is 24.3 Å². The van der Waals surface area contributed by atoms with Gasteiger partial charge in [-0.15, -0.1) is 0 Å². The lowest BCUT2D eigenvalue weighted by Crippen LogP contribution is -2.15. The summed E-state index contributed by atoms with van der Waals surface area (Å²) in [6, 6.07) is 9.10. The number of benzene rings is 2. The van der Waals surface area contributed by atoms with Crippen LogP contribution in [0.25, 0.3) is 22.2 Å². The van der Waals surface area contributed by atoms with Crippen molar-refractivity contribution in [2.75, 3.05) is 20.0 Å². The Kier molecular flexibility index (Phi) is 2.70. The molecule has 2 aliphatic heterocycles. The van der Waals surface area contributed by atoms with Gasteiger partial charge in [0.15, 0.2) is 23.0 Å². The molecule has 0 amide bonds. The molecule has 2 aromatic carbocycles. The van der Waals surface area contributed by atoms with Gasteiger partial charge in [0.05, 0.1) is 11.2 Å². The molecule has 120 valence electrons. The van der Waals surface area contributed by atoms with Gasteiger partial charge >= 0.3 is 5.69 Å². The molecule has 3 aromatic rings. The summed E-state index contributed by atoms with van der Waals surface area (Å²) < 4.78 is 22.0. The third-order valence-corrected chi connectivity index (χ3v) is 4.04. The number of nitrogens with zero attached hydrogens (tertiary/aromatic N) is 1. The van der Waals surface area contributed by atoms with E-state index in [1.54, 1.807) is 6.07 Å². The molecule has 5 rings (SSSR count). The zero-order valence-corrected chi connectivity index (χ0v) is 12.5. The zero-order valence-electron chi connectivity index (χ0n) is 12.5. The quantitative estimate of drug-likeness (QED) is 0.738. The van der Waals surface area contributed by atoms with Crippen molar-refractivity contribution < 1.29 is 18.9 Å². The highest BCUT2D eigenvalue weighted by molar-refractivity contribution is 5.94. The van der Waals surface area contributed by atoms with E-state index in [4.69, 9.17) is 18.9 Å². The fraction of sp³-hybridized carbons (Fsp3) is 0.176. The number of nitrogens with one attached hydrogen (secondary N) is 1. The van der Waals surface area contributed by atoms with E-state index >= 15 is 0 Å².